The number of halogens is 2. The molecular weight excluding hydrogens is 387 g/mol. The highest BCUT2D eigenvalue weighted by Gasteiger charge is 2.23. The summed E-state index contributed by atoms with van der Waals surface area (Å²) < 4.78 is 0.978. The molecule has 1 aromatic rings. The molecule has 20 heavy (non-hydrogen) atoms. The van der Waals surface area contributed by atoms with Crippen LogP contribution in [0.5, 0.6) is 0 Å². The fourth-order valence-electron chi connectivity index (χ4n) is 2.58. The minimum absolute atomic E-state index is 0.107. The molecule has 1 aliphatic heterocycles. The van der Waals surface area contributed by atoms with Gasteiger partial charge in [-0.25, -0.2) is 0 Å². The Morgan fingerprint density at radius 1 is 1.45 bits per heavy atom. The SMILES string of the molecule is CNCCC1CCN(C(=O)c2ccc(I)c(Cl)c2)CC1. The minimum Gasteiger partial charge on any atom is -0.339 e. The predicted molar refractivity (Wildman–Crippen MR) is 91.3 cm³/mol. The van der Waals surface area contributed by atoms with Gasteiger partial charge in [-0.05, 0) is 79.6 Å². The molecule has 1 aliphatic rings. The molecule has 0 aliphatic carbocycles. The van der Waals surface area contributed by atoms with E-state index in [4.69, 9.17) is 11.6 Å². The lowest BCUT2D eigenvalue weighted by molar-refractivity contribution is 0.0687. The molecule has 110 valence electrons. The van der Waals surface area contributed by atoms with Crippen LogP contribution < -0.4 is 5.32 Å². The van der Waals surface area contributed by atoms with Crippen LogP contribution in [-0.4, -0.2) is 37.5 Å². The first kappa shape index (κ1) is 16.0. The minimum atomic E-state index is 0.107. The lowest BCUT2D eigenvalue weighted by Gasteiger charge is -2.32. The van der Waals surface area contributed by atoms with E-state index in [0.29, 0.717) is 10.6 Å². The van der Waals surface area contributed by atoms with Crippen LogP contribution in [0.4, 0.5) is 0 Å². The molecule has 0 aromatic heterocycles. The monoisotopic (exact) mass is 406 g/mol. The van der Waals surface area contributed by atoms with Crippen LogP contribution in [0, 0.1) is 9.49 Å². The number of nitrogens with zero attached hydrogens (tertiary/aromatic N) is 1. The Balaban J connectivity index is 1.92. The van der Waals surface area contributed by atoms with Crippen molar-refractivity contribution in [2.45, 2.75) is 19.3 Å². The Morgan fingerprint density at radius 2 is 2.15 bits per heavy atom. The molecule has 1 fully saturated rings. The summed E-state index contributed by atoms with van der Waals surface area (Å²) in [6.07, 6.45) is 3.41. The summed E-state index contributed by atoms with van der Waals surface area (Å²) in [5.74, 6) is 0.849. The second-order valence-corrected chi connectivity index (χ2v) is 6.83. The van der Waals surface area contributed by atoms with Crippen LogP contribution in [0.25, 0.3) is 0 Å². The summed E-state index contributed by atoms with van der Waals surface area (Å²) in [6, 6.07) is 5.54. The summed E-state index contributed by atoms with van der Waals surface area (Å²) >= 11 is 8.26. The number of carbonyl (C=O) groups is 1. The summed E-state index contributed by atoms with van der Waals surface area (Å²) in [6.45, 7) is 2.78. The number of amides is 1. The van der Waals surface area contributed by atoms with Crippen molar-refractivity contribution in [3.05, 3.63) is 32.4 Å². The highest BCUT2D eigenvalue weighted by atomic mass is 127. The predicted octanol–water partition coefficient (Wildman–Crippen LogP) is 3.41. The summed E-state index contributed by atoms with van der Waals surface area (Å²) in [7, 11) is 1.99. The first-order valence-corrected chi connectivity index (χ1v) is 8.46. The molecule has 1 amide bonds. The molecule has 0 saturated carbocycles. The maximum Gasteiger partial charge on any atom is 0.253 e. The molecule has 0 spiro atoms. The second kappa shape index (κ2) is 7.61. The summed E-state index contributed by atoms with van der Waals surface area (Å²) in [4.78, 5) is 14.4. The Labute approximate surface area is 139 Å². The van der Waals surface area contributed by atoms with E-state index in [-0.39, 0.29) is 5.91 Å². The Hall–Kier alpha value is -0.330. The van der Waals surface area contributed by atoms with Crippen LogP contribution in [0.2, 0.25) is 5.02 Å². The third kappa shape index (κ3) is 4.09. The fraction of sp³-hybridized carbons (Fsp3) is 0.533. The van der Waals surface area contributed by atoms with E-state index in [0.717, 1.165) is 42.0 Å². The smallest absolute Gasteiger partial charge is 0.253 e. The molecule has 1 N–H and O–H groups in total. The number of nitrogens with one attached hydrogen (secondary N) is 1. The van der Waals surface area contributed by atoms with Crippen molar-refractivity contribution in [1.82, 2.24) is 10.2 Å². The number of hydrogen-bond acceptors (Lipinski definition) is 2. The number of benzene rings is 1. The van der Waals surface area contributed by atoms with Gasteiger partial charge in [-0.1, -0.05) is 11.6 Å². The van der Waals surface area contributed by atoms with E-state index < -0.39 is 0 Å². The number of hydrogen-bond donors (Lipinski definition) is 1. The molecule has 0 unspecified atom stereocenters. The first-order chi connectivity index (χ1) is 9.61. The van der Waals surface area contributed by atoms with Gasteiger partial charge in [0.2, 0.25) is 0 Å². The van der Waals surface area contributed by atoms with Gasteiger partial charge in [0.15, 0.2) is 0 Å². The van der Waals surface area contributed by atoms with Crippen LogP contribution >= 0.6 is 34.2 Å². The second-order valence-electron chi connectivity index (χ2n) is 5.26. The summed E-state index contributed by atoms with van der Waals surface area (Å²) in [5.41, 5.74) is 0.698. The molecule has 0 atom stereocenters. The van der Waals surface area contributed by atoms with Crippen molar-refractivity contribution in [3.63, 3.8) is 0 Å². The molecular formula is C15H20ClIN2O. The zero-order valence-corrected chi connectivity index (χ0v) is 14.6. The topological polar surface area (TPSA) is 32.3 Å². The van der Waals surface area contributed by atoms with Gasteiger partial charge in [-0.15, -0.1) is 0 Å². The quantitative estimate of drug-likeness (QED) is 0.777. The number of likely N-dealkylation sites (tertiary alicyclic amines) is 1. The average molecular weight is 407 g/mol. The summed E-state index contributed by atoms with van der Waals surface area (Å²) in [5, 5.41) is 3.84. The molecule has 5 heteroatoms. The van der Waals surface area contributed by atoms with Gasteiger partial charge in [0.25, 0.3) is 5.91 Å². The van der Waals surface area contributed by atoms with E-state index in [1.54, 1.807) is 6.07 Å². The molecule has 1 saturated heterocycles. The molecule has 0 bridgehead atoms. The van der Waals surface area contributed by atoms with Gasteiger partial charge in [-0.2, -0.15) is 0 Å². The third-order valence-corrected chi connectivity index (χ3v) is 5.44. The van der Waals surface area contributed by atoms with Gasteiger partial charge in [0, 0.05) is 22.2 Å². The van der Waals surface area contributed by atoms with Gasteiger partial charge < -0.3 is 10.2 Å². The van der Waals surface area contributed by atoms with Crippen molar-refractivity contribution >= 4 is 40.1 Å². The van der Waals surface area contributed by atoms with Crippen molar-refractivity contribution in [3.8, 4) is 0 Å². The standard InChI is InChI=1S/C15H20ClIN2O/c1-18-7-4-11-5-8-19(9-6-11)15(20)12-2-3-14(17)13(16)10-12/h2-3,10-11,18H,4-9H2,1H3. The van der Waals surface area contributed by atoms with E-state index >= 15 is 0 Å². The zero-order chi connectivity index (χ0) is 14.5. The first-order valence-electron chi connectivity index (χ1n) is 7.00. The Kier molecular flexibility index (Phi) is 6.11. The highest BCUT2D eigenvalue weighted by molar-refractivity contribution is 14.1. The van der Waals surface area contributed by atoms with E-state index in [9.17, 15) is 4.79 Å². The van der Waals surface area contributed by atoms with Gasteiger partial charge >= 0.3 is 0 Å². The number of carbonyl (C=O) groups excluding carboxylic acids is 1. The molecule has 1 heterocycles. The Bertz CT molecular complexity index is 473. The van der Waals surface area contributed by atoms with E-state index in [1.807, 2.05) is 24.1 Å². The van der Waals surface area contributed by atoms with Crippen molar-refractivity contribution in [2.75, 3.05) is 26.7 Å². The molecule has 3 nitrogen and oxygen atoms in total. The lowest BCUT2D eigenvalue weighted by Crippen LogP contribution is -2.39. The number of rotatable bonds is 4. The third-order valence-electron chi connectivity index (χ3n) is 3.87. The normalized spacial score (nSPS) is 16.4. The van der Waals surface area contributed by atoms with Crippen molar-refractivity contribution < 1.29 is 4.79 Å². The number of piperidine rings is 1. The highest BCUT2D eigenvalue weighted by Crippen LogP contribution is 2.24. The maximum atomic E-state index is 12.4. The molecule has 2 rings (SSSR count). The molecule has 0 radical (unpaired) electrons. The zero-order valence-electron chi connectivity index (χ0n) is 11.7. The maximum absolute atomic E-state index is 12.4. The van der Waals surface area contributed by atoms with Crippen LogP contribution in [0.1, 0.15) is 29.6 Å². The average Bonchev–Trinajstić information content (AvgIpc) is 2.48. The fourth-order valence-corrected chi connectivity index (χ4v) is 3.10. The van der Waals surface area contributed by atoms with Gasteiger partial charge in [0.05, 0.1) is 5.02 Å². The van der Waals surface area contributed by atoms with Crippen LogP contribution in [0.15, 0.2) is 18.2 Å². The van der Waals surface area contributed by atoms with Crippen LogP contribution in [0.3, 0.4) is 0 Å². The lowest BCUT2D eigenvalue weighted by atomic mass is 9.93. The van der Waals surface area contributed by atoms with Gasteiger partial charge in [-0.3, -0.25) is 4.79 Å². The largest absolute Gasteiger partial charge is 0.339 e. The van der Waals surface area contributed by atoms with E-state index in [1.165, 1.54) is 6.42 Å². The Morgan fingerprint density at radius 3 is 2.75 bits per heavy atom. The van der Waals surface area contributed by atoms with Crippen molar-refractivity contribution in [1.29, 1.82) is 0 Å². The van der Waals surface area contributed by atoms with Crippen LogP contribution in [-0.2, 0) is 0 Å². The molecule has 1 aromatic carbocycles. The van der Waals surface area contributed by atoms with Crippen molar-refractivity contribution in [2.24, 2.45) is 5.92 Å². The van der Waals surface area contributed by atoms with Gasteiger partial charge in [0.1, 0.15) is 0 Å². The van der Waals surface area contributed by atoms with E-state index in [2.05, 4.69) is 27.9 Å².